The molecule has 1 saturated carbocycles. The number of carboxylic acids is 1. The van der Waals surface area contributed by atoms with Crippen molar-refractivity contribution in [2.24, 2.45) is 0 Å². The molecule has 1 aliphatic carbocycles. The van der Waals surface area contributed by atoms with Crippen LogP contribution in [0, 0.1) is 6.92 Å². The number of hydrogen-bond acceptors (Lipinski definition) is 5. The average molecular weight is 326 g/mol. The van der Waals surface area contributed by atoms with Crippen molar-refractivity contribution < 1.29 is 14.6 Å². The number of thiazole rings is 1. The molecule has 5 nitrogen and oxygen atoms in total. The number of ether oxygens (including phenoxy) is 1. The quantitative estimate of drug-likeness (QED) is 0.835. The molecule has 0 aliphatic heterocycles. The highest BCUT2D eigenvalue weighted by Gasteiger charge is 2.28. The summed E-state index contributed by atoms with van der Waals surface area (Å²) in [4.78, 5) is 15.6. The summed E-state index contributed by atoms with van der Waals surface area (Å²) in [7, 11) is 0. The number of carboxylic acid groups (broad SMARTS) is 1. The summed E-state index contributed by atoms with van der Waals surface area (Å²) in [5, 5.41) is 13.6. The monoisotopic (exact) mass is 326 g/mol. The first-order valence-corrected chi connectivity index (χ1v) is 8.77. The summed E-state index contributed by atoms with van der Waals surface area (Å²) in [6.07, 6.45) is 5.16. The summed E-state index contributed by atoms with van der Waals surface area (Å²) < 4.78 is 5.86. The number of aromatic carboxylic acids is 1. The Labute approximate surface area is 136 Å². The standard InChI is InChI=1S/C16H26N2O3S/c1-5-16(3,4)18-11-6-8-12(9-7-11)21-14-13(15(19)20)22-10(2)17-14/h11-12,18H,5-9H2,1-4H3,(H,19,20). The Morgan fingerprint density at radius 3 is 2.59 bits per heavy atom. The number of nitrogens with one attached hydrogen (secondary N) is 1. The van der Waals surface area contributed by atoms with Crippen LogP contribution in [-0.2, 0) is 0 Å². The molecule has 0 unspecified atom stereocenters. The molecule has 0 radical (unpaired) electrons. The van der Waals surface area contributed by atoms with E-state index in [1.165, 1.54) is 11.3 Å². The van der Waals surface area contributed by atoms with Crippen LogP contribution in [0.2, 0.25) is 0 Å². The van der Waals surface area contributed by atoms with Crippen molar-refractivity contribution in [3.63, 3.8) is 0 Å². The van der Waals surface area contributed by atoms with Crippen LogP contribution in [0.15, 0.2) is 0 Å². The molecule has 0 bridgehead atoms. The molecule has 2 N–H and O–H groups in total. The molecule has 124 valence electrons. The van der Waals surface area contributed by atoms with Gasteiger partial charge in [-0.1, -0.05) is 6.92 Å². The van der Waals surface area contributed by atoms with E-state index < -0.39 is 5.97 Å². The van der Waals surface area contributed by atoms with E-state index in [-0.39, 0.29) is 16.5 Å². The lowest BCUT2D eigenvalue weighted by atomic mass is 9.90. The van der Waals surface area contributed by atoms with Crippen molar-refractivity contribution in [1.29, 1.82) is 0 Å². The van der Waals surface area contributed by atoms with Gasteiger partial charge in [0.2, 0.25) is 5.88 Å². The number of carbonyl (C=O) groups is 1. The molecule has 1 fully saturated rings. The van der Waals surface area contributed by atoms with Crippen LogP contribution in [0.25, 0.3) is 0 Å². The molecule has 22 heavy (non-hydrogen) atoms. The first-order valence-electron chi connectivity index (χ1n) is 7.96. The second kappa shape index (κ2) is 6.96. The van der Waals surface area contributed by atoms with Gasteiger partial charge in [-0.05, 0) is 52.9 Å². The Bertz CT molecular complexity index is 519. The summed E-state index contributed by atoms with van der Waals surface area (Å²) in [6, 6.07) is 0.519. The van der Waals surface area contributed by atoms with Crippen LogP contribution >= 0.6 is 11.3 Å². The van der Waals surface area contributed by atoms with E-state index in [0.717, 1.165) is 37.1 Å². The fourth-order valence-corrected chi connectivity index (χ4v) is 3.45. The van der Waals surface area contributed by atoms with E-state index in [9.17, 15) is 9.90 Å². The van der Waals surface area contributed by atoms with Gasteiger partial charge in [0.25, 0.3) is 0 Å². The van der Waals surface area contributed by atoms with E-state index in [2.05, 4.69) is 31.1 Å². The zero-order chi connectivity index (χ0) is 16.3. The maximum atomic E-state index is 11.2. The Kier molecular flexibility index (Phi) is 5.45. The summed E-state index contributed by atoms with van der Waals surface area (Å²) in [5.41, 5.74) is 0.168. The molecular weight excluding hydrogens is 300 g/mol. The molecule has 1 aliphatic rings. The van der Waals surface area contributed by atoms with Crippen LogP contribution in [0.3, 0.4) is 0 Å². The largest absolute Gasteiger partial charge is 0.477 e. The maximum Gasteiger partial charge on any atom is 0.351 e. The lowest BCUT2D eigenvalue weighted by Crippen LogP contribution is -2.47. The van der Waals surface area contributed by atoms with Gasteiger partial charge in [0.05, 0.1) is 5.01 Å². The number of aromatic nitrogens is 1. The van der Waals surface area contributed by atoms with Gasteiger partial charge in [-0.3, -0.25) is 0 Å². The zero-order valence-electron chi connectivity index (χ0n) is 13.8. The SMILES string of the molecule is CCC(C)(C)NC1CCC(Oc2nc(C)sc2C(=O)O)CC1. The fourth-order valence-electron chi connectivity index (χ4n) is 2.76. The van der Waals surface area contributed by atoms with E-state index in [1.54, 1.807) is 6.92 Å². The molecule has 0 aromatic carbocycles. The van der Waals surface area contributed by atoms with Crippen LogP contribution in [0.1, 0.15) is 67.6 Å². The summed E-state index contributed by atoms with van der Waals surface area (Å²) in [6.45, 7) is 8.46. The molecule has 0 saturated heterocycles. The van der Waals surface area contributed by atoms with Gasteiger partial charge < -0.3 is 15.2 Å². The number of aryl methyl sites for hydroxylation is 1. The fraction of sp³-hybridized carbons (Fsp3) is 0.750. The van der Waals surface area contributed by atoms with Crippen LogP contribution in [0.5, 0.6) is 5.88 Å². The van der Waals surface area contributed by atoms with Crippen LogP contribution in [-0.4, -0.2) is 33.7 Å². The molecule has 0 spiro atoms. The third-order valence-electron chi connectivity index (χ3n) is 4.33. The Morgan fingerprint density at radius 1 is 1.41 bits per heavy atom. The Morgan fingerprint density at radius 2 is 2.05 bits per heavy atom. The van der Waals surface area contributed by atoms with Crippen molar-refractivity contribution in [3.05, 3.63) is 9.88 Å². The molecular formula is C16H26N2O3S. The second-order valence-electron chi connectivity index (χ2n) is 6.65. The van der Waals surface area contributed by atoms with Gasteiger partial charge in [-0.25, -0.2) is 9.78 Å². The van der Waals surface area contributed by atoms with E-state index in [1.807, 2.05) is 0 Å². The first-order chi connectivity index (χ1) is 10.3. The van der Waals surface area contributed by atoms with Crippen molar-refractivity contribution >= 4 is 17.3 Å². The number of hydrogen-bond donors (Lipinski definition) is 2. The highest BCUT2D eigenvalue weighted by atomic mass is 32.1. The van der Waals surface area contributed by atoms with Gasteiger partial charge in [0, 0.05) is 11.6 Å². The Balaban J connectivity index is 1.89. The third kappa shape index (κ3) is 4.43. The van der Waals surface area contributed by atoms with Crippen molar-refractivity contribution in [1.82, 2.24) is 10.3 Å². The third-order valence-corrected chi connectivity index (χ3v) is 5.27. The minimum absolute atomic E-state index is 0.0717. The molecule has 0 amide bonds. The number of nitrogens with zero attached hydrogens (tertiary/aromatic N) is 1. The van der Waals surface area contributed by atoms with Gasteiger partial charge in [0.15, 0.2) is 4.88 Å². The Hall–Kier alpha value is -1.14. The molecule has 1 aromatic rings. The summed E-state index contributed by atoms with van der Waals surface area (Å²) in [5.74, 6) is -0.666. The first kappa shape index (κ1) is 17.2. The second-order valence-corrected chi connectivity index (χ2v) is 7.85. The average Bonchev–Trinajstić information content (AvgIpc) is 2.82. The lowest BCUT2D eigenvalue weighted by molar-refractivity contribution is 0.0688. The van der Waals surface area contributed by atoms with E-state index in [4.69, 9.17) is 4.74 Å². The normalized spacial score (nSPS) is 22.5. The summed E-state index contributed by atoms with van der Waals surface area (Å²) >= 11 is 1.17. The zero-order valence-corrected chi connectivity index (χ0v) is 14.6. The topological polar surface area (TPSA) is 71.5 Å². The van der Waals surface area contributed by atoms with E-state index in [0.29, 0.717) is 11.9 Å². The minimum Gasteiger partial charge on any atom is -0.477 e. The van der Waals surface area contributed by atoms with Gasteiger partial charge in [0.1, 0.15) is 6.10 Å². The van der Waals surface area contributed by atoms with Crippen LogP contribution < -0.4 is 10.1 Å². The van der Waals surface area contributed by atoms with E-state index >= 15 is 0 Å². The van der Waals surface area contributed by atoms with Gasteiger partial charge in [-0.15, -0.1) is 11.3 Å². The number of rotatable bonds is 6. The predicted molar refractivity (Wildman–Crippen MR) is 88.0 cm³/mol. The lowest BCUT2D eigenvalue weighted by Gasteiger charge is -2.35. The van der Waals surface area contributed by atoms with Crippen molar-refractivity contribution in [2.45, 2.75) is 77.5 Å². The molecule has 0 atom stereocenters. The molecule has 6 heteroatoms. The smallest absolute Gasteiger partial charge is 0.351 e. The highest BCUT2D eigenvalue weighted by Crippen LogP contribution is 2.30. The predicted octanol–water partition coefficient (Wildman–Crippen LogP) is 3.62. The molecule has 1 heterocycles. The molecule has 1 aromatic heterocycles. The van der Waals surface area contributed by atoms with Gasteiger partial charge >= 0.3 is 5.97 Å². The maximum absolute atomic E-state index is 11.2. The minimum atomic E-state index is -0.958. The van der Waals surface area contributed by atoms with Crippen LogP contribution in [0.4, 0.5) is 0 Å². The molecule has 2 rings (SSSR count). The van der Waals surface area contributed by atoms with Crippen molar-refractivity contribution in [3.8, 4) is 5.88 Å². The highest BCUT2D eigenvalue weighted by molar-refractivity contribution is 7.13. The van der Waals surface area contributed by atoms with Gasteiger partial charge in [-0.2, -0.15) is 0 Å². The van der Waals surface area contributed by atoms with Crippen molar-refractivity contribution in [2.75, 3.05) is 0 Å².